The van der Waals surface area contributed by atoms with E-state index < -0.39 is 0 Å². The molecule has 1 aliphatic heterocycles. The number of amides is 1. The minimum Gasteiger partial charge on any atom is -0.353 e. The van der Waals surface area contributed by atoms with Crippen molar-refractivity contribution in [1.29, 1.82) is 0 Å². The molecule has 2 aliphatic rings. The zero-order valence-electron chi connectivity index (χ0n) is 10.4. The molecule has 2 fully saturated rings. The van der Waals surface area contributed by atoms with Crippen LogP contribution in [0.5, 0.6) is 0 Å². The maximum absolute atomic E-state index is 11.1. The van der Waals surface area contributed by atoms with Crippen LogP contribution in [0.15, 0.2) is 0 Å². The van der Waals surface area contributed by atoms with Crippen LogP contribution in [0.25, 0.3) is 0 Å². The van der Waals surface area contributed by atoms with Crippen LogP contribution in [0.3, 0.4) is 0 Å². The topological polar surface area (TPSA) is 82.7 Å². The lowest BCUT2D eigenvalue weighted by molar-refractivity contribution is -0.121. The molecule has 98 valence electrons. The molecule has 1 saturated heterocycles. The molecule has 6 nitrogen and oxygen atoms in total. The predicted molar refractivity (Wildman–Crippen MR) is 66.0 cm³/mol. The maximum atomic E-state index is 11.1. The van der Waals surface area contributed by atoms with E-state index in [0.29, 0.717) is 19.0 Å². The summed E-state index contributed by atoms with van der Waals surface area (Å²) in [4.78, 5) is 15.7. The zero-order chi connectivity index (χ0) is 12.4. The minimum absolute atomic E-state index is 0.0401. The lowest BCUT2D eigenvalue weighted by atomic mass is 9.89. The van der Waals surface area contributed by atoms with Gasteiger partial charge < -0.3 is 5.32 Å². The molecule has 2 heterocycles. The molecule has 0 bridgehead atoms. The number of hydrogen-bond donors (Lipinski definition) is 3. The lowest BCUT2D eigenvalue weighted by Gasteiger charge is -2.22. The zero-order valence-corrected chi connectivity index (χ0v) is 10.4. The second-order valence-electron chi connectivity index (χ2n) is 5.15. The molecule has 1 aliphatic carbocycles. The SMILES string of the molecule is O=C1CNC(c2nc(C3CCCCC3)n[nH]2)CN1. The van der Waals surface area contributed by atoms with Gasteiger partial charge in [-0.1, -0.05) is 19.3 Å². The molecule has 6 heteroatoms. The standard InChI is InChI=1S/C12H19N5O/c18-10-7-13-9(6-14-10)12-15-11(16-17-12)8-4-2-1-3-5-8/h8-9,13H,1-7H2,(H,14,18)(H,15,16,17). The van der Waals surface area contributed by atoms with Crippen molar-refractivity contribution in [3.05, 3.63) is 11.6 Å². The molecule has 1 amide bonds. The molecule has 0 aromatic carbocycles. The summed E-state index contributed by atoms with van der Waals surface area (Å²) in [6.45, 7) is 0.933. The molecule has 0 radical (unpaired) electrons. The van der Waals surface area contributed by atoms with Crippen LogP contribution in [0.4, 0.5) is 0 Å². The van der Waals surface area contributed by atoms with Gasteiger partial charge in [0.15, 0.2) is 5.82 Å². The van der Waals surface area contributed by atoms with Gasteiger partial charge in [-0.15, -0.1) is 0 Å². The molecule has 1 unspecified atom stereocenters. The van der Waals surface area contributed by atoms with E-state index in [1.807, 2.05) is 0 Å². The summed E-state index contributed by atoms with van der Waals surface area (Å²) in [5.74, 6) is 2.35. The number of carbonyl (C=O) groups is 1. The largest absolute Gasteiger partial charge is 0.353 e. The second kappa shape index (κ2) is 5.06. The fourth-order valence-electron chi connectivity index (χ4n) is 2.75. The van der Waals surface area contributed by atoms with Crippen molar-refractivity contribution in [2.45, 2.75) is 44.1 Å². The van der Waals surface area contributed by atoms with Gasteiger partial charge in [0.2, 0.25) is 5.91 Å². The van der Waals surface area contributed by atoms with E-state index in [4.69, 9.17) is 0 Å². The fourth-order valence-corrected chi connectivity index (χ4v) is 2.75. The number of H-pyrrole nitrogens is 1. The monoisotopic (exact) mass is 249 g/mol. The van der Waals surface area contributed by atoms with Crippen molar-refractivity contribution in [2.24, 2.45) is 0 Å². The van der Waals surface area contributed by atoms with Crippen molar-refractivity contribution in [3.63, 3.8) is 0 Å². The molecule has 1 aromatic rings. The Morgan fingerprint density at radius 1 is 1.17 bits per heavy atom. The third kappa shape index (κ3) is 2.38. The van der Waals surface area contributed by atoms with Crippen molar-refractivity contribution in [2.75, 3.05) is 13.1 Å². The van der Waals surface area contributed by atoms with E-state index in [0.717, 1.165) is 11.6 Å². The molecule has 18 heavy (non-hydrogen) atoms. The Balaban J connectivity index is 1.67. The summed E-state index contributed by atoms with van der Waals surface area (Å²) in [7, 11) is 0. The first-order chi connectivity index (χ1) is 8.83. The Kier molecular flexibility index (Phi) is 3.27. The van der Waals surface area contributed by atoms with Crippen molar-refractivity contribution in [3.8, 4) is 0 Å². The molecule has 3 rings (SSSR count). The summed E-state index contributed by atoms with van der Waals surface area (Å²) < 4.78 is 0. The highest BCUT2D eigenvalue weighted by Crippen LogP contribution is 2.30. The van der Waals surface area contributed by atoms with Crippen LogP contribution in [-0.4, -0.2) is 34.2 Å². The minimum atomic E-state index is 0.0401. The molecule has 1 saturated carbocycles. The first-order valence-electron chi connectivity index (χ1n) is 6.75. The van der Waals surface area contributed by atoms with E-state index in [1.165, 1.54) is 32.1 Å². The first kappa shape index (κ1) is 11.6. The molecule has 0 spiro atoms. The quantitative estimate of drug-likeness (QED) is 0.717. The van der Waals surface area contributed by atoms with Gasteiger partial charge in [0.25, 0.3) is 0 Å². The summed E-state index contributed by atoms with van der Waals surface area (Å²) in [6.07, 6.45) is 6.31. The molecule has 1 aromatic heterocycles. The Morgan fingerprint density at radius 3 is 2.72 bits per heavy atom. The highest BCUT2D eigenvalue weighted by atomic mass is 16.2. The average Bonchev–Trinajstić information content (AvgIpc) is 2.90. The van der Waals surface area contributed by atoms with E-state index in [-0.39, 0.29) is 11.9 Å². The number of carbonyl (C=O) groups excluding carboxylic acids is 1. The number of nitrogens with zero attached hydrogens (tertiary/aromatic N) is 2. The number of rotatable bonds is 2. The molecule has 3 N–H and O–H groups in total. The Morgan fingerprint density at radius 2 is 2.00 bits per heavy atom. The second-order valence-corrected chi connectivity index (χ2v) is 5.15. The van der Waals surface area contributed by atoms with Gasteiger partial charge in [0, 0.05) is 12.5 Å². The highest BCUT2D eigenvalue weighted by Gasteiger charge is 2.24. The number of aromatic nitrogens is 3. The smallest absolute Gasteiger partial charge is 0.234 e. The number of nitrogens with one attached hydrogen (secondary N) is 3. The van der Waals surface area contributed by atoms with Gasteiger partial charge in [-0.3, -0.25) is 15.2 Å². The molecular weight excluding hydrogens is 230 g/mol. The van der Waals surface area contributed by atoms with Crippen LogP contribution >= 0.6 is 0 Å². The first-order valence-corrected chi connectivity index (χ1v) is 6.75. The number of aromatic amines is 1. The summed E-state index contributed by atoms with van der Waals surface area (Å²) in [6, 6.07) is 0.0625. The average molecular weight is 249 g/mol. The summed E-state index contributed by atoms with van der Waals surface area (Å²) in [5.41, 5.74) is 0. The van der Waals surface area contributed by atoms with Crippen LogP contribution in [-0.2, 0) is 4.79 Å². The van der Waals surface area contributed by atoms with Crippen molar-refractivity contribution >= 4 is 5.91 Å². The Labute approximate surface area is 106 Å². The predicted octanol–water partition coefficient (Wildman–Crippen LogP) is 0.613. The van der Waals surface area contributed by atoms with E-state index in [2.05, 4.69) is 25.8 Å². The lowest BCUT2D eigenvalue weighted by Crippen LogP contribution is -2.47. The van der Waals surface area contributed by atoms with E-state index in [9.17, 15) is 4.79 Å². The van der Waals surface area contributed by atoms with Crippen LogP contribution in [0.1, 0.15) is 55.7 Å². The Bertz CT molecular complexity index is 414. The summed E-state index contributed by atoms with van der Waals surface area (Å²) in [5, 5.41) is 13.3. The number of piperazine rings is 1. The highest BCUT2D eigenvalue weighted by molar-refractivity contribution is 5.78. The maximum Gasteiger partial charge on any atom is 0.234 e. The molecule has 1 atom stereocenters. The normalized spacial score (nSPS) is 26.0. The van der Waals surface area contributed by atoms with Gasteiger partial charge in [0.05, 0.1) is 12.6 Å². The van der Waals surface area contributed by atoms with Crippen molar-refractivity contribution in [1.82, 2.24) is 25.8 Å². The van der Waals surface area contributed by atoms with Gasteiger partial charge in [0.1, 0.15) is 5.82 Å². The van der Waals surface area contributed by atoms with Crippen LogP contribution in [0.2, 0.25) is 0 Å². The van der Waals surface area contributed by atoms with Crippen LogP contribution in [0, 0.1) is 0 Å². The molecular formula is C12H19N5O. The van der Waals surface area contributed by atoms with Gasteiger partial charge in [-0.25, -0.2) is 4.98 Å². The third-order valence-electron chi connectivity index (χ3n) is 3.83. The van der Waals surface area contributed by atoms with Crippen molar-refractivity contribution < 1.29 is 4.79 Å². The van der Waals surface area contributed by atoms with Crippen LogP contribution < -0.4 is 10.6 Å². The summed E-state index contributed by atoms with van der Waals surface area (Å²) >= 11 is 0. The van der Waals surface area contributed by atoms with Gasteiger partial charge in [-0.05, 0) is 12.8 Å². The van der Waals surface area contributed by atoms with E-state index >= 15 is 0 Å². The van der Waals surface area contributed by atoms with Gasteiger partial charge in [-0.2, -0.15) is 5.10 Å². The fraction of sp³-hybridized carbons (Fsp3) is 0.750. The third-order valence-corrected chi connectivity index (χ3v) is 3.83. The van der Waals surface area contributed by atoms with Gasteiger partial charge >= 0.3 is 0 Å². The Hall–Kier alpha value is -1.43. The van der Waals surface area contributed by atoms with E-state index in [1.54, 1.807) is 0 Å². The number of hydrogen-bond acceptors (Lipinski definition) is 4.